The van der Waals surface area contributed by atoms with Crippen LogP contribution < -0.4 is 10.1 Å². The third-order valence-electron chi connectivity index (χ3n) is 7.98. The van der Waals surface area contributed by atoms with Crippen LogP contribution >= 0.6 is 0 Å². The molecule has 3 aromatic carbocycles. The molecule has 1 N–H and O–H groups in total. The summed E-state index contributed by atoms with van der Waals surface area (Å²) in [6.45, 7) is 7.91. The molecule has 2 aliphatic heterocycles. The number of likely N-dealkylation sites (tertiary alicyclic amines) is 2. The highest BCUT2D eigenvalue weighted by atomic mass is 19.4. The number of para-hydroxylation sites is 1. The second kappa shape index (κ2) is 10.7. The van der Waals surface area contributed by atoms with Crippen molar-refractivity contribution in [3.63, 3.8) is 0 Å². The minimum absolute atomic E-state index is 0.206. The maximum Gasteiger partial charge on any atom is 0.416 e. The molecule has 2 atom stereocenters. The summed E-state index contributed by atoms with van der Waals surface area (Å²) in [5, 5.41) is 4.03. The molecule has 2 saturated heterocycles. The molecule has 0 saturated carbocycles. The number of nitrogens with one attached hydrogen (secondary N) is 1. The van der Waals surface area contributed by atoms with Gasteiger partial charge in [-0.3, -0.25) is 14.8 Å². The van der Waals surface area contributed by atoms with Gasteiger partial charge < -0.3 is 10.1 Å². The highest BCUT2D eigenvalue weighted by Gasteiger charge is 2.42. The van der Waals surface area contributed by atoms with E-state index in [1.54, 1.807) is 6.07 Å². The lowest BCUT2D eigenvalue weighted by molar-refractivity contribution is -0.137. The fourth-order valence-electron chi connectivity index (χ4n) is 5.99. The monoisotopic (exact) mass is 546 g/mol. The average Bonchev–Trinajstić information content (AvgIpc) is 3.50. The predicted octanol–water partition coefficient (Wildman–Crippen LogP) is 6.95. The Balaban J connectivity index is 1.11. The fourth-order valence-corrected chi connectivity index (χ4v) is 5.99. The minimum Gasteiger partial charge on any atom is -0.492 e. The van der Waals surface area contributed by atoms with Gasteiger partial charge in [0.05, 0.1) is 11.1 Å². The van der Waals surface area contributed by atoms with Gasteiger partial charge in [0.15, 0.2) is 0 Å². The van der Waals surface area contributed by atoms with Gasteiger partial charge in [-0.25, -0.2) is 0 Å². The van der Waals surface area contributed by atoms with E-state index in [-0.39, 0.29) is 5.75 Å². The lowest BCUT2D eigenvalue weighted by Gasteiger charge is -2.34. The average molecular weight is 547 g/mol. The van der Waals surface area contributed by atoms with Crippen molar-refractivity contribution in [1.82, 2.24) is 14.8 Å². The number of hydrogen-bond donors (Lipinski definition) is 1. The van der Waals surface area contributed by atoms with Gasteiger partial charge in [-0.1, -0.05) is 48.0 Å². The van der Waals surface area contributed by atoms with E-state index in [2.05, 4.69) is 51.3 Å². The zero-order valence-electron chi connectivity index (χ0n) is 22.7. The number of alkyl halides is 3. The van der Waals surface area contributed by atoms with E-state index in [1.807, 2.05) is 37.3 Å². The highest BCUT2D eigenvalue weighted by Crippen LogP contribution is 2.36. The zero-order chi connectivity index (χ0) is 27.9. The summed E-state index contributed by atoms with van der Waals surface area (Å²) in [5.74, 6) is 0.206. The Morgan fingerprint density at radius 2 is 1.68 bits per heavy atom. The van der Waals surface area contributed by atoms with Crippen molar-refractivity contribution in [3.8, 4) is 5.75 Å². The van der Waals surface area contributed by atoms with Crippen LogP contribution in [0.5, 0.6) is 5.75 Å². The van der Waals surface area contributed by atoms with Crippen molar-refractivity contribution in [1.29, 1.82) is 0 Å². The number of fused-ring (bicyclic) bond motifs is 3. The largest absolute Gasteiger partial charge is 0.492 e. The van der Waals surface area contributed by atoms with Gasteiger partial charge in [-0.2, -0.15) is 13.2 Å². The van der Waals surface area contributed by atoms with E-state index >= 15 is 0 Å². The Labute approximate surface area is 232 Å². The van der Waals surface area contributed by atoms with Gasteiger partial charge in [0, 0.05) is 66.8 Å². The molecule has 5 nitrogen and oxygen atoms in total. The maximum atomic E-state index is 13.8. The summed E-state index contributed by atoms with van der Waals surface area (Å²) in [7, 11) is 0. The van der Waals surface area contributed by atoms with Crippen molar-refractivity contribution in [3.05, 3.63) is 95.2 Å². The molecule has 8 heteroatoms. The number of piperazine rings is 1. The first kappa shape index (κ1) is 26.6. The lowest BCUT2D eigenvalue weighted by Crippen LogP contribution is -2.47. The molecule has 0 radical (unpaired) electrons. The quantitative estimate of drug-likeness (QED) is 0.259. The van der Waals surface area contributed by atoms with E-state index in [0.717, 1.165) is 54.8 Å². The maximum absolute atomic E-state index is 13.8. The standard InChI is InChI=1S/C32H33F3N4O/c1-21-7-9-23(10-8-21)18-39-20-26-17-27(39)19-38(26)11-12-40-28-15-24(32(33,34)35)14-25(16-28)37-31-13-22(2)36-30-6-4-3-5-29(30)31/h3-10,13-16,26-27H,11-12,17-20H2,1-2H3,(H,36,37)/t26-,27-/m1/s1. The number of aryl methyl sites for hydroxylation is 2. The molecule has 3 heterocycles. The normalized spacial score (nSPS) is 19.4. The van der Waals surface area contributed by atoms with E-state index in [4.69, 9.17) is 4.74 Å². The number of benzene rings is 3. The van der Waals surface area contributed by atoms with Gasteiger partial charge in [-0.05, 0) is 50.1 Å². The van der Waals surface area contributed by atoms with E-state index in [9.17, 15) is 13.2 Å². The SMILES string of the molecule is Cc1ccc(CN2C[C@H]3C[C@@H]2CN3CCOc2cc(Nc3cc(C)nc4ccccc34)cc(C(F)(F)F)c2)cc1. The third-order valence-corrected chi connectivity index (χ3v) is 7.98. The molecular formula is C32H33F3N4O. The minimum atomic E-state index is -4.49. The number of halogens is 3. The molecule has 2 aliphatic rings. The second-order valence-electron chi connectivity index (χ2n) is 11.0. The molecule has 2 fully saturated rings. The second-order valence-corrected chi connectivity index (χ2v) is 11.0. The van der Waals surface area contributed by atoms with Crippen LogP contribution in [0.25, 0.3) is 10.9 Å². The van der Waals surface area contributed by atoms with Gasteiger partial charge in [0.2, 0.25) is 0 Å². The van der Waals surface area contributed by atoms with Gasteiger partial charge in [-0.15, -0.1) is 0 Å². The molecule has 2 bridgehead atoms. The Bertz CT molecular complexity index is 1500. The smallest absolute Gasteiger partial charge is 0.416 e. The van der Waals surface area contributed by atoms with Crippen molar-refractivity contribution >= 4 is 22.3 Å². The molecule has 0 aliphatic carbocycles. The molecule has 208 valence electrons. The van der Waals surface area contributed by atoms with Crippen molar-refractivity contribution in [2.45, 2.75) is 45.1 Å². The summed E-state index contributed by atoms with van der Waals surface area (Å²) in [4.78, 5) is 9.48. The molecule has 4 aromatic rings. The van der Waals surface area contributed by atoms with Crippen molar-refractivity contribution < 1.29 is 17.9 Å². The predicted molar refractivity (Wildman–Crippen MR) is 152 cm³/mol. The van der Waals surface area contributed by atoms with Crippen LogP contribution in [0.15, 0.2) is 72.8 Å². The van der Waals surface area contributed by atoms with Crippen LogP contribution in [0.3, 0.4) is 0 Å². The summed E-state index contributed by atoms with van der Waals surface area (Å²) >= 11 is 0. The summed E-state index contributed by atoms with van der Waals surface area (Å²) < 4.78 is 47.3. The third kappa shape index (κ3) is 5.78. The number of pyridine rings is 1. The number of anilines is 2. The van der Waals surface area contributed by atoms with Gasteiger partial charge >= 0.3 is 6.18 Å². The molecular weight excluding hydrogens is 513 g/mol. The first-order valence-electron chi connectivity index (χ1n) is 13.7. The van der Waals surface area contributed by atoms with E-state index < -0.39 is 11.7 Å². The Hall–Kier alpha value is -3.62. The number of ether oxygens (including phenoxy) is 1. The lowest BCUT2D eigenvalue weighted by atomic mass is 10.1. The Morgan fingerprint density at radius 3 is 2.42 bits per heavy atom. The van der Waals surface area contributed by atoms with Crippen molar-refractivity contribution in [2.75, 3.05) is 31.6 Å². The van der Waals surface area contributed by atoms with Crippen LogP contribution in [0.4, 0.5) is 24.5 Å². The number of rotatable bonds is 8. The van der Waals surface area contributed by atoms with Crippen LogP contribution in [-0.4, -0.2) is 53.1 Å². The highest BCUT2D eigenvalue weighted by molar-refractivity contribution is 5.93. The first-order valence-corrected chi connectivity index (χ1v) is 13.7. The number of aromatic nitrogens is 1. The zero-order valence-corrected chi connectivity index (χ0v) is 22.7. The summed E-state index contributed by atoms with van der Waals surface area (Å²) in [6, 6.07) is 22.9. The molecule has 0 spiro atoms. The first-order chi connectivity index (χ1) is 19.2. The van der Waals surface area contributed by atoms with Crippen LogP contribution in [0, 0.1) is 13.8 Å². The molecule has 40 heavy (non-hydrogen) atoms. The molecule has 0 amide bonds. The number of nitrogens with zero attached hydrogens (tertiary/aromatic N) is 3. The van der Waals surface area contributed by atoms with Crippen LogP contribution in [0.1, 0.15) is 28.8 Å². The topological polar surface area (TPSA) is 40.6 Å². The molecule has 0 unspecified atom stereocenters. The number of hydrogen-bond acceptors (Lipinski definition) is 5. The Kier molecular flexibility index (Phi) is 7.15. The molecule has 6 rings (SSSR count). The van der Waals surface area contributed by atoms with Gasteiger partial charge in [0.25, 0.3) is 0 Å². The summed E-state index contributed by atoms with van der Waals surface area (Å²) in [5.41, 5.74) is 4.45. The van der Waals surface area contributed by atoms with Gasteiger partial charge in [0.1, 0.15) is 12.4 Å². The van der Waals surface area contributed by atoms with Crippen LogP contribution in [0.2, 0.25) is 0 Å². The summed E-state index contributed by atoms with van der Waals surface area (Å²) in [6.07, 6.45) is -3.36. The van der Waals surface area contributed by atoms with E-state index in [1.165, 1.54) is 11.1 Å². The van der Waals surface area contributed by atoms with Crippen molar-refractivity contribution in [2.24, 2.45) is 0 Å². The van der Waals surface area contributed by atoms with E-state index in [0.29, 0.717) is 36.6 Å². The Morgan fingerprint density at radius 1 is 0.925 bits per heavy atom. The molecule has 1 aromatic heterocycles. The van der Waals surface area contributed by atoms with Crippen LogP contribution in [-0.2, 0) is 12.7 Å². The fraction of sp³-hybridized carbons (Fsp3) is 0.344.